The van der Waals surface area contributed by atoms with Crippen molar-refractivity contribution in [2.24, 2.45) is 0 Å². The molecule has 1 fully saturated rings. The maximum Gasteiger partial charge on any atom is 0.257 e. The number of carbonyl (C=O) groups excluding carboxylic acids is 2. The van der Waals surface area contributed by atoms with Gasteiger partial charge in [-0.1, -0.05) is 42.5 Å². The molecule has 0 unspecified atom stereocenters. The molecule has 1 heterocycles. The molecule has 2 amide bonds. The molecule has 0 bridgehead atoms. The number of nitrogens with one attached hydrogen (secondary N) is 2. The number of hydrogen-bond donors (Lipinski definition) is 2. The number of benzene rings is 3. The smallest absolute Gasteiger partial charge is 0.257 e. The Bertz CT molecular complexity index is 1310. The van der Waals surface area contributed by atoms with Gasteiger partial charge in [0, 0.05) is 31.9 Å². The van der Waals surface area contributed by atoms with Gasteiger partial charge in [-0.2, -0.15) is 4.31 Å². The van der Waals surface area contributed by atoms with Crippen LogP contribution >= 0.6 is 0 Å². The van der Waals surface area contributed by atoms with E-state index in [0.29, 0.717) is 30.0 Å². The fourth-order valence-corrected chi connectivity index (χ4v) is 5.31. The molecule has 0 saturated carbocycles. The SMILES string of the molecule is O=C(CN1CCN(S(=O)(=O)c2ccccc2F)CC1)Nc1ccccc1C(=O)Nc1ccccc1. The largest absolute Gasteiger partial charge is 0.324 e. The second-order valence-corrected chi connectivity index (χ2v) is 9.93. The summed E-state index contributed by atoms with van der Waals surface area (Å²) in [4.78, 5) is 26.9. The summed E-state index contributed by atoms with van der Waals surface area (Å²) < 4.78 is 40.8. The Morgan fingerprint density at radius 1 is 0.800 bits per heavy atom. The molecule has 8 nitrogen and oxygen atoms in total. The Morgan fingerprint density at radius 2 is 1.43 bits per heavy atom. The summed E-state index contributed by atoms with van der Waals surface area (Å²) in [6.07, 6.45) is 0. The molecule has 0 radical (unpaired) electrons. The van der Waals surface area contributed by atoms with Gasteiger partial charge in [-0.3, -0.25) is 14.5 Å². The lowest BCUT2D eigenvalue weighted by Gasteiger charge is -2.33. The standard InChI is InChI=1S/C25H25FN4O4S/c26-21-11-5-7-13-23(21)35(33,34)30-16-14-29(15-17-30)18-24(31)28-22-12-6-4-10-20(22)25(32)27-19-8-2-1-3-9-19/h1-13H,14-18H2,(H,27,32)(H,28,31). The topological polar surface area (TPSA) is 98.8 Å². The van der Waals surface area contributed by atoms with Gasteiger partial charge in [-0.05, 0) is 36.4 Å². The minimum atomic E-state index is -3.95. The van der Waals surface area contributed by atoms with Crippen LogP contribution in [0, 0.1) is 5.82 Å². The van der Waals surface area contributed by atoms with E-state index >= 15 is 0 Å². The summed E-state index contributed by atoms with van der Waals surface area (Å²) in [5.74, 6) is -1.46. The van der Waals surface area contributed by atoms with Crippen molar-refractivity contribution in [1.82, 2.24) is 9.21 Å². The third-order valence-corrected chi connectivity index (χ3v) is 7.56. The second-order valence-electron chi connectivity index (χ2n) is 8.02. The van der Waals surface area contributed by atoms with Crippen LogP contribution in [0.25, 0.3) is 0 Å². The van der Waals surface area contributed by atoms with Gasteiger partial charge in [0.25, 0.3) is 5.91 Å². The fourth-order valence-electron chi connectivity index (χ4n) is 3.82. The Labute approximate surface area is 203 Å². The quantitative estimate of drug-likeness (QED) is 0.524. The summed E-state index contributed by atoms with van der Waals surface area (Å²) >= 11 is 0. The molecule has 10 heteroatoms. The minimum absolute atomic E-state index is 0.0300. The molecule has 0 aliphatic carbocycles. The highest BCUT2D eigenvalue weighted by Gasteiger charge is 2.31. The van der Waals surface area contributed by atoms with Crippen molar-refractivity contribution in [3.05, 3.63) is 90.2 Å². The predicted octanol–water partition coefficient (Wildman–Crippen LogP) is 3.02. The lowest BCUT2D eigenvalue weighted by molar-refractivity contribution is -0.117. The van der Waals surface area contributed by atoms with E-state index in [1.807, 2.05) is 23.1 Å². The van der Waals surface area contributed by atoms with E-state index in [-0.39, 0.29) is 36.3 Å². The Kier molecular flexibility index (Phi) is 7.54. The van der Waals surface area contributed by atoms with E-state index in [9.17, 15) is 22.4 Å². The average molecular weight is 497 g/mol. The van der Waals surface area contributed by atoms with E-state index in [4.69, 9.17) is 0 Å². The number of carbonyl (C=O) groups is 2. The number of amides is 2. The van der Waals surface area contributed by atoms with E-state index in [1.54, 1.807) is 36.4 Å². The molecule has 3 aromatic carbocycles. The third-order valence-electron chi connectivity index (χ3n) is 5.63. The number of sulfonamides is 1. The van der Waals surface area contributed by atoms with Crippen molar-refractivity contribution >= 4 is 33.2 Å². The lowest BCUT2D eigenvalue weighted by atomic mass is 10.1. The van der Waals surface area contributed by atoms with Gasteiger partial charge in [0.15, 0.2) is 0 Å². The first-order valence-corrected chi connectivity index (χ1v) is 12.5. The highest BCUT2D eigenvalue weighted by molar-refractivity contribution is 7.89. The van der Waals surface area contributed by atoms with Crippen LogP contribution in [-0.2, 0) is 14.8 Å². The summed E-state index contributed by atoms with van der Waals surface area (Å²) in [6.45, 7) is 0.941. The molecule has 182 valence electrons. The van der Waals surface area contributed by atoms with Crippen molar-refractivity contribution < 1.29 is 22.4 Å². The summed E-state index contributed by atoms with van der Waals surface area (Å²) in [5, 5.41) is 5.58. The first-order valence-electron chi connectivity index (χ1n) is 11.1. The van der Waals surface area contributed by atoms with Crippen LogP contribution in [0.1, 0.15) is 10.4 Å². The zero-order valence-electron chi connectivity index (χ0n) is 18.9. The number of hydrogen-bond acceptors (Lipinski definition) is 5. The normalized spacial score (nSPS) is 14.9. The molecule has 1 aliphatic heterocycles. The first kappa shape index (κ1) is 24.5. The Balaban J connectivity index is 1.34. The number of nitrogens with zero attached hydrogens (tertiary/aromatic N) is 2. The van der Waals surface area contributed by atoms with Crippen LogP contribution in [0.4, 0.5) is 15.8 Å². The molecule has 1 aliphatic rings. The predicted molar refractivity (Wildman–Crippen MR) is 131 cm³/mol. The maximum absolute atomic E-state index is 14.0. The van der Waals surface area contributed by atoms with Crippen LogP contribution in [0.2, 0.25) is 0 Å². The molecule has 0 aromatic heterocycles. The number of anilines is 2. The maximum atomic E-state index is 14.0. The van der Waals surface area contributed by atoms with Crippen molar-refractivity contribution in [2.45, 2.75) is 4.90 Å². The molecular weight excluding hydrogens is 471 g/mol. The zero-order chi connectivity index (χ0) is 24.8. The number of para-hydroxylation sites is 2. The van der Waals surface area contributed by atoms with Gasteiger partial charge < -0.3 is 10.6 Å². The molecule has 4 rings (SSSR count). The lowest BCUT2D eigenvalue weighted by Crippen LogP contribution is -2.50. The minimum Gasteiger partial charge on any atom is -0.324 e. The van der Waals surface area contributed by atoms with Gasteiger partial charge in [0.2, 0.25) is 15.9 Å². The van der Waals surface area contributed by atoms with Crippen molar-refractivity contribution in [2.75, 3.05) is 43.4 Å². The van der Waals surface area contributed by atoms with Crippen molar-refractivity contribution in [3.63, 3.8) is 0 Å². The molecule has 3 aromatic rings. The molecule has 0 atom stereocenters. The van der Waals surface area contributed by atoms with Crippen molar-refractivity contribution in [1.29, 1.82) is 0 Å². The number of rotatable bonds is 7. The van der Waals surface area contributed by atoms with Gasteiger partial charge >= 0.3 is 0 Å². The Hall–Kier alpha value is -3.60. The van der Waals surface area contributed by atoms with Crippen LogP contribution in [0.5, 0.6) is 0 Å². The highest BCUT2D eigenvalue weighted by atomic mass is 32.2. The van der Waals surface area contributed by atoms with Crippen LogP contribution in [0.3, 0.4) is 0 Å². The number of halogens is 1. The van der Waals surface area contributed by atoms with E-state index in [0.717, 1.165) is 6.07 Å². The van der Waals surface area contributed by atoms with Crippen LogP contribution in [-0.4, -0.2) is 62.2 Å². The van der Waals surface area contributed by atoms with E-state index in [2.05, 4.69) is 10.6 Å². The average Bonchev–Trinajstić information content (AvgIpc) is 2.85. The molecular formula is C25H25FN4O4S. The monoisotopic (exact) mass is 496 g/mol. The third kappa shape index (κ3) is 5.91. The molecule has 35 heavy (non-hydrogen) atoms. The Morgan fingerprint density at radius 3 is 2.14 bits per heavy atom. The van der Waals surface area contributed by atoms with Gasteiger partial charge in [0.1, 0.15) is 10.7 Å². The highest BCUT2D eigenvalue weighted by Crippen LogP contribution is 2.21. The zero-order valence-corrected chi connectivity index (χ0v) is 19.7. The fraction of sp³-hybridized carbons (Fsp3) is 0.200. The molecule has 0 spiro atoms. The van der Waals surface area contributed by atoms with Gasteiger partial charge in [0.05, 0.1) is 17.8 Å². The second kappa shape index (κ2) is 10.8. The summed E-state index contributed by atoms with van der Waals surface area (Å²) in [7, 11) is -3.95. The van der Waals surface area contributed by atoms with Gasteiger partial charge in [-0.25, -0.2) is 12.8 Å². The van der Waals surface area contributed by atoms with Crippen LogP contribution in [0.15, 0.2) is 83.8 Å². The van der Waals surface area contributed by atoms with Gasteiger partial charge in [-0.15, -0.1) is 0 Å². The first-order chi connectivity index (χ1) is 16.8. The van der Waals surface area contributed by atoms with E-state index < -0.39 is 15.8 Å². The summed E-state index contributed by atoms with van der Waals surface area (Å²) in [5.41, 5.74) is 1.35. The molecule has 2 N–H and O–H groups in total. The number of piperazine rings is 1. The van der Waals surface area contributed by atoms with E-state index in [1.165, 1.54) is 22.5 Å². The van der Waals surface area contributed by atoms with Crippen molar-refractivity contribution in [3.8, 4) is 0 Å². The molecule has 1 saturated heterocycles. The van der Waals surface area contributed by atoms with Crippen LogP contribution < -0.4 is 10.6 Å². The summed E-state index contributed by atoms with van der Waals surface area (Å²) in [6, 6.07) is 21.0.